The highest BCUT2D eigenvalue weighted by Gasteiger charge is 2.37. The van der Waals surface area contributed by atoms with Crippen LogP contribution in [0.2, 0.25) is 0 Å². The molecule has 6 nitrogen and oxygen atoms in total. The van der Waals surface area contributed by atoms with Gasteiger partial charge in [0.25, 0.3) is 0 Å². The van der Waals surface area contributed by atoms with Crippen LogP contribution >= 0.6 is 0 Å². The van der Waals surface area contributed by atoms with Gasteiger partial charge in [-0.3, -0.25) is 0 Å². The highest BCUT2D eigenvalue weighted by molar-refractivity contribution is 5.72. The standard InChI is InChI=1S/C29H27FN4O2/c1-20(35)19-24-15-18-26-27(31-28(30)33-34(24)26)32-29(21-9-5-3-6-10-21,22-11-7-4-8-12-22)23-13-16-25(36-2)17-14-23/h3-18,20,35H,19H2,1-2H3,(H,31,32,33). The third-order valence-electron chi connectivity index (χ3n) is 6.31. The van der Waals surface area contributed by atoms with Gasteiger partial charge in [0.05, 0.1) is 13.2 Å². The molecule has 0 aliphatic heterocycles. The Morgan fingerprint density at radius 1 is 0.889 bits per heavy atom. The molecule has 7 heteroatoms. The third kappa shape index (κ3) is 4.29. The number of benzene rings is 3. The molecule has 2 N–H and O–H groups in total. The monoisotopic (exact) mass is 482 g/mol. The van der Waals surface area contributed by atoms with E-state index in [1.54, 1.807) is 14.0 Å². The summed E-state index contributed by atoms with van der Waals surface area (Å²) in [4.78, 5) is 4.19. The Kier molecular flexibility index (Phi) is 6.40. The van der Waals surface area contributed by atoms with Crippen molar-refractivity contribution in [1.29, 1.82) is 0 Å². The molecule has 36 heavy (non-hydrogen) atoms. The molecule has 0 aliphatic rings. The SMILES string of the molecule is COc1ccc(C(Nc2nc(F)nn3c(CC(C)O)ccc23)(c2ccccc2)c2ccccc2)cc1. The Balaban J connectivity index is 1.78. The van der Waals surface area contributed by atoms with Crippen LogP contribution in [-0.2, 0) is 12.0 Å². The number of nitrogens with one attached hydrogen (secondary N) is 1. The summed E-state index contributed by atoms with van der Waals surface area (Å²) in [7, 11) is 1.63. The highest BCUT2D eigenvalue weighted by atomic mass is 19.1. The molecular formula is C29H27FN4O2. The van der Waals surface area contributed by atoms with Gasteiger partial charge in [0.15, 0.2) is 5.82 Å². The van der Waals surface area contributed by atoms with Crippen LogP contribution in [0, 0.1) is 6.08 Å². The lowest BCUT2D eigenvalue weighted by Crippen LogP contribution is -2.38. The largest absolute Gasteiger partial charge is 0.497 e. The summed E-state index contributed by atoms with van der Waals surface area (Å²) in [6.07, 6.45) is -1.12. The first-order valence-corrected chi connectivity index (χ1v) is 11.8. The van der Waals surface area contributed by atoms with Gasteiger partial charge in [-0.15, -0.1) is 5.10 Å². The number of hydrogen-bond donors (Lipinski definition) is 2. The minimum atomic E-state index is -0.912. The number of aromatic nitrogens is 3. The van der Waals surface area contributed by atoms with Crippen LogP contribution in [-0.4, -0.2) is 32.9 Å². The second kappa shape index (κ2) is 9.79. The predicted molar refractivity (Wildman–Crippen MR) is 138 cm³/mol. The lowest BCUT2D eigenvalue weighted by Gasteiger charge is -2.37. The average molecular weight is 483 g/mol. The van der Waals surface area contributed by atoms with Crippen LogP contribution in [0.5, 0.6) is 5.75 Å². The summed E-state index contributed by atoms with van der Waals surface area (Å²) >= 11 is 0. The zero-order valence-electron chi connectivity index (χ0n) is 20.1. The molecule has 3 aromatic carbocycles. The molecule has 0 saturated heterocycles. The normalized spacial score (nSPS) is 12.4. The van der Waals surface area contributed by atoms with E-state index in [4.69, 9.17) is 4.74 Å². The van der Waals surface area contributed by atoms with E-state index in [-0.39, 0.29) is 0 Å². The number of nitrogens with zero attached hydrogens (tertiary/aromatic N) is 3. The van der Waals surface area contributed by atoms with Crippen molar-refractivity contribution in [2.24, 2.45) is 0 Å². The van der Waals surface area contributed by atoms with Gasteiger partial charge in [-0.05, 0) is 47.9 Å². The first-order chi connectivity index (χ1) is 17.5. The number of rotatable bonds is 8. The summed E-state index contributed by atoms with van der Waals surface area (Å²) in [5.41, 5.74) is 3.22. The minimum absolute atomic E-state index is 0.336. The lowest BCUT2D eigenvalue weighted by atomic mass is 9.77. The van der Waals surface area contributed by atoms with Gasteiger partial charge in [0.2, 0.25) is 0 Å². The smallest absolute Gasteiger partial charge is 0.327 e. The number of ether oxygens (including phenoxy) is 1. The van der Waals surface area contributed by atoms with Gasteiger partial charge in [0.1, 0.15) is 16.8 Å². The van der Waals surface area contributed by atoms with Gasteiger partial charge < -0.3 is 15.2 Å². The number of aliphatic hydroxyl groups is 1. The molecular weight excluding hydrogens is 455 g/mol. The molecule has 0 aliphatic carbocycles. The quantitative estimate of drug-likeness (QED) is 0.297. The second-order valence-corrected chi connectivity index (χ2v) is 8.74. The van der Waals surface area contributed by atoms with E-state index < -0.39 is 17.7 Å². The number of halogens is 1. The Morgan fingerprint density at radius 2 is 1.47 bits per heavy atom. The number of fused-ring (bicyclic) bond motifs is 1. The molecule has 5 rings (SSSR count). The van der Waals surface area contributed by atoms with Crippen molar-refractivity contribution in [1.82, 2.24) is 14.6 Å². The van der Waals surface area contributed by atoms with E-state index in [2.05, 4.69) is 15.4 Å². The zero-order chi connectivity index (χ0) is 25.1. The van der Waals surface area contributed by atoms with Crippen molar-refractivity contribution < 1.29 is 14.2 Å². The first kappa shape index (κ1) is 23.5. The Hall–Kier alpha value is -4.23. The van der Waals surface area contributed by atoms with E-state index in [0.717, 1.165) is 22.4 Å². The van der Waals surface area contributed by atoms with Crippen molar-refractivity contribution in [3.63, 3.8) is 0 Å². The maximum Gasteiger partial charge on any atom is 0.327 e. The van der Waals surface area contributed by atoms with Gasteiger partial charge >= 0.3 is 6.08 Å². The molecule has 0 saturated carbocycles. The Labute approximate surface area is 209 Å². The maximum atomic E-state index is 14.8. The lowest BCUT2D eigenvalue weighted by molar-refractivity contribution is 0.193. The predicted octanol–water partition coefficient (Wildman–Crippen LogP) is 5.20. The Bertz CT molecular complexity index is 1410. The van der Waals surface area contributed by atoms with Gasteiger partial charge in [0, 0.05) is 12.1 Å². The first-order valence-electron chi connectivity index (χ1n) is 11.8. The number of hydrogen-bond acceptors (Lipinski definition) is 5. The van der Waals surface area contributed by atoms with Crippen LogP contribution in [0.15, 0.2) is 97.1 Å². The van der Waals surface area contributed by atoms with Gasteiger partial charge in [-0.2, -0.15) is 9.37 Å². The maximum absolute atomic E-state index is 14.8. The fourth-order valence-corrected chi connectivity index (χ4v) is 4.68. The molecule has 182 valence electrons. The fraction of sp³-hybridized carbons (Fsp3) is 0.172. The Morgan fingerprint density at radius 3 is 2.03 bits per heavy atom. The van der Waals surface area contributed by atoms with Gasteiger partial charge in [-0.25, -0.2) is 4.52 Å². The summed E-state index contributed by atoms with van der Waals surface area (Å²) in [6.45, 7) is 1.69. The van der Waals surface area contributed by atoms with E-state index >= 15 is 0 Å². The van der Waals surface area contributed by atoms with Crippen LogP contribution in [0.4, 0.5) is 10.2 Å². The van der Waals surface area contributed by atoms with Crippen LogP contribution in [0.1, 0.15) is 29.3 Å². The molecule has 2 heterocycles. The second-order valence-electron chi connectivity index (χ2n) is 8.74. The summed E-state index contributed by atoms with van der Waals surface area (Å²) < 4.78 is 21.7. The van der Waals surface area contributed by atoms with Crippen molar-refractivity contribution in [3.05, 3.63) is 126 Å². The molecule has 5 aromatic rings. The zero-order valence-corrected chi connectivity index (χ0v) is 20.1. The number of methoxy groups -OCH3 is 1. The van der Waals surface area contributed by atoms with Gasteiger partial charge in [-0.1, -0.05) is 72.8 Å². The number of anilines is 1. The van der Waals surface area contributed by atoms with E-state index in [1.165, 1.54) is 4.52 Å². The number of aliphatic hydroxyl groups excluding tert-OH is 1. The molecule has 0 spiro atoms. The van der Waals surface area contributed by atoms with Crippen molar-refractivity contribution in [2.75, 3.05) is 12.4 Å². The topological polar surface area (TPSA) is 71.7 Å². The van der Waals surface area contributed by atoms with Crippen LogP contribution in [0.25, 0.3) is 5.52 Å². The third-order valence-corrected chi connectivity index (χ3v) is 6.31. The molecule has 0 fully saturated rings. The molecule has 1 atom stereocenters. The molecule has 0 bridgehead atoms. The fourth-order valence-electron chi connectivity index (χ4n) is 4.68. The van der Waals surface area contributed by atoms with Crippen molar-refractivity contribution >= 4 is 11.3 Å². The van der Waals surface area contributed by atoms with Crippen LogP contribution in [0.3, 0.4) is 0 Å². The summed E-state index contributed by atoms with van der Waals surface area (Å²) in [5, 5.41) is 17.5. The molecule has 0 amide bonds. The van der Waals surface area contributed by atoms with E-state index in [9.17, 15) is 9.50 Å². The molecule has 1 unspecified atom stereocenters. The summed E-state index contributed by atoms with van der Waals surface area (Å²) in [5.74, 6) is 1.07. The highest BCUT2D eigenvalue weighted by Crippen LogP contribution is 2.41. The van der Waals surface area contributed by atoms with E-state index in [1.807, 2.05) is 97.1 Å². The summed E-state index contributed by atoms with van der Waals surface area (Å²) in [6, 6.07) is 31.5. The van der Waals surface area contributed by atoms with Crippen LogP contribution < -0.4 is 10.1 Å². The van der Waals surface area contributed by atoms with Crippen molar-refractivity contribution in [2.45, 2.75) is 25.0 Å². The minimum Gasteiger partial charge on any atom is -0.497 e. The molecule has 0 radical (unpaired) electrons. The molecule has 2 aromatic heterocycles. The van der Waals surface area contributed by atoms with E-state index in [0.29, 0.717) is 23.4 Å². The average Bonchev–Trinajstić information content (AvgIpc) is 3.30. The van der Waals surface area contributed by atoms with Crippen molar-refractivity contribution in [3.8, 4) is 5.75 Å².